The summed E-state index contributed by atoms with van der Waals surface area (Å²) in [5.74, 6) is 0.247. The number of hydrogen-bond acceptors (Lipinski definition) is 6. The maximum absolute atomic E-state index is 13.2. The monoisotopic (exact) mass is 448 g/mol. The standard InChI is InChI=1S/C25H24N2O4S/c1-16(28)31-20-13-12-17(14-21(20)30-2)15-26-25-23(19-10-6-7-11-22(19)32-25)24(29)27-18-8-4-3-5-9-18/h3-5,8-9,12-15H,6-7,10-11H2,1-2H3,(H,27,29). The fourth-order valence-corrected chi connectivity index (χ4v) is 4.96. The average Bonchev–Trinajstić information content (AvgIpc) is 3.17. The molecule has 1 aromatic heterocycles. The largest absolute Gasteiger partial charge is 0.493 e. The molecule has 0 unspecified atom stereocenters. The number of carbonyl (C=O) groups excluding carboxylic acids is 2. The SMILES string of the molecule is COc1cc(C=Nc2sc3c(c2C(=O)Nc2ccccc2)CCCC3)ccc1OC(C)=O. The molecule has 4 rings (SSSR count). The molecule has 6 nitrogen and oxygen atoms in total. The van der Waals surface area contributed by atoms with Gasteiger partial charge in [-0.05, 0) is 67.1 Å². The number of aliphatic imine (C=N–C) groups is 1. The Labute approximate surface area is 190 Å². The van der Waals surface area contributed by atoms with Crippen molar-refractivity contribution in [1.29, 1.82) is 0 Å². The molecular weight excluding hydrogens is 424 g/mol. The van der Waals surface area contributed by atoms with E-state index in [0.717, 1.165) is 42.5 Å². The quantitative estimate of drug-likeness (QED) is 0.304. The third-order valence-corrected chi connectivity index (χ3v) is 6.38. The molecule has 1 N–H and O–H groups in total. The number of nitrogens with zero attached hydrogens (tertiary/aromatic N) is 1. The third-order valence-electron chi connectivity index (χ3n) is 5.18. The van der Waals surface area contributed by atoms with E-state index in [9.17, 15) is 9.59 Å². The van der Waals surface area contributed by atoms with Crippen LogP contribution in [0.25, 0.3) is 0 Å². The maximum atomic E-state index is 13.2. The van der Waals surface area contributed by atoms with Crippen LogP contribution in [0.1, 0.15) is 46.1 Å². The molecule has 1 aliphatic rings. The number of ether oxygens (including phenoxy) is 2. The minimum Gasteiger partial charge on any atom is -0.493 e. The molecule has 0 aliphatic heterocycles. The lowest BCUT2D eigenvalue weighted by molar-refractivity contribution is -0.132. The highest BCUT2D eigenvalue weighted by molar-refractivity contribution is 7.16. The van der Waals surface area contributed by atoms with E-state index in [2.05, 4.69) is 10.3 Å². The summed E-state index contributed by atoms with van der Waals surface area (Å²) in [4.78, 5) is 30.4. The van der Waals surface area contributed by atoms with Crippen LogP contribution in [0.4, 0.5) is 10.7 Å². The molecule has 1 aliphatic carbocycles. The molecule has 1 amide bonds. The fourth-order valence-electron chi connectivity index (χ4n) is 3.73. The number of para-hydroxylation sites is 1. The van der Waals surface area contributed by atoms with Gasteiger partial charge in [-0.2, -0.15) is 0 Å². The van der Waals surface area contributed by atoms with Crippen LogP contribution in [0.2, 0.25) is 0 Å². The summed E-state index contributed by atoms with van der Waals surface area (Å²) < 4.78 is 10.5. The number of benzene rings is 2. The van der Waals surface area contributed by atoms with E-state index >= 15 is 0 Å². The first-order valence-electron chi connectivity index (χ1n) is 10.5. The van der Waals surface area contributed by atoms with Crippen molar-refractivity contribution in [2.45, 2.75) is 32.6 Å². The van der Waals surface area contributed by atoms with Gasteiger partial charge in [-0.1, -0.05) is 18.2 Å². The van der Waals surface area contributed by atoms with Crippen LogP contribution in [0.3, 0.4) is 0 Å². The van der Waals surface area contributed by atoms with Crippen molar-refractivity contribution in [2.24, 2.45) is 4.99 Å². The number of hydrogen-bond donors (Lipinski definition) is 1. The Morgan fingerprint density at radius 2 is 1.84 bits per heavy atom. The summed E-state index contributed by atoms with van der Waals surface area (Å²) in [7, 11) is 1.52. The number of fused-ring (bicyclic) bond motifs is 1. The molecule has 3 aromatic rings. The van der Waals surface area contributed by atoms with Gasteiger partial charge in [0.25, 0.3) is 5.91 Å². The number of amides is 1. The molecule has 0 atom stereocenters. The van der Waals surface area contributed by atoms with E-state index in [1.165, 1.54) is 18.9 Å². The van der Waals surface area contributed by atoms with E-state index in [1.54, 1.807) is 35.8 Å². The van der Waals surface area contributed by atoms with E-state index in [0.29, 0.717) is 22.1 Å². The van der Waals surface area contributed by atoms with E-state index in [-0.39, 0.29) is 5.91 Å². The topological polar surface area (TPSA) is 77.0 Å². The molecule has 0 radical (unpaired) electrons. The van der Waals surface area contributed by atoms with Crippen LogP contribution < -0.4 is 14.8 Å². The van der Waals surface area contributed by atoms with Gasteiger partial charge in [0.2, 0.25) is 0 Å². The minimum atomic E-state index is -0.414. The number of anilines is 1. The fraction of sp³-hybridized carbons (Fsp3) is 0.240. The summed E-state index contributed by atoms with van der Waals surface area (Å²) in [5, 5.41) is 3.70. The van der Waals surface area contributed by atoms with Gasteiger partial charge in [-0.15, -0.1) is 11.3 Å². The Hall–Kier alpha value is -3.45. The Bertz CT molecular complexity index is 1170. The van der Waals surface area contributed by atoms with Crippen molar-refractivity contribution in [2.75, 3.05) is 12.4 Å². The first-order chi connectivity index (χ1) is 15.5. The van der Waals surface area contributed by atoms with E-state index < -0.39 is 5.97 Å². The van der Waals surface area contributed by atoms with Crippen LogP contribution in [0.15, 0.2) is 53.5 Å². The van der Waals surface area contributed by atoms with Gasteiger partial charge < -0.3 is 14.8 Å². The summed E-state index contributed by atoms with van der Waals surface area (Å²) in [6, 6.07) is 14.7. The average molecular weight is 449 g/mol. The molecule has 0 saturated carbocycles. The van der Waals surface area contributed by atoms with Gasteiger partial charge >= 0.3 is 5.97 Å². The highest BCUT2D eigenvalue weighted by Crippen LogP contribution is 2.40. The van der Waals surface area contributed by atoms with Gasteiger partial charge in [-0.3, -0.25) is 9.59 Å². The molecular formula is C25H24N2O4S. The first-order valence-corrected chi connectivity index (χ1v) is 11.3. The van der Waals surface area contributed by atoms with Gasteiger partial charge in [0.1, 0.15) is 5.00 Å². The summed E-state index contributed by atoms with van der Waals surface area (Å²) in [5.41, 5.74) is 3.31. The molecule has 0 bridgehead atoms. The maximum Gasteiger partial charge on any atom is 0.308 e. The smallest absolute Gasteiger partial charge is 0.308 e. The van der Waals surface area contributed by atoms with E-state index in [1.807, 2.05) is 30.3 Å². The Morgan fingerprint density at radius 1 is 1.06 bits per heavy atom. The predicted molar refractivity (Wildman–Crippen MR) is 127 cm³/mol. The van der Waals surface area contributed by atoms with Crippen molar-refractivity contribution < 1.29 is 19.1 Å². The van der Waals surface area contributed by atoms with Crippen molar-refractivity contribution in [3.63, 3.8) is 0 Å². The Balaban J connectivity index is 1.65. The lowest BCUT2D eigenvalue weighted by atomic mass is 9.95. The zero-order chi connectivity index (χ0) is 22.5. The number of esters is 1. The van der Waals surface area contributed by atoms with Crippen LogP contribution in [-0.2, 0) is 17.6 Å². The zero-order valence-electron chi connectivity index (χ0n) is 18.0. The van der Waals surface area contributed by atoms with Gasteiger partial charge in [-0.25, -0.2) is 4.99 Å². The van der Waals surface area contributed by atoms with Crippen molar-refractivity contribution in [1.82, 2.24) is 0 Å². The lowest BCUT2D eigenvalue weighted by Gasteiger charge is -2.12. The first kappa shape index (κ1) is 21.8. The second-order valence-corrected chi connectivity index (χ2v) is 8.56. The summed E-state index contributed by atoms with van der Waals surface area (Å²) in [6.45, 7) is 1.34. The second kappa shape index (κ2) is 9.78. The highest BCUT2D eigenvalue weighted by atomic mass is 32.1. The van der Waals surface area contributed by atoms with Crippen LogP contribution in [-0.4, -0.2) is 25.2 Å². The molecule has 2 aromatic carbocycles. The summed E-state index contributed by atoms with van der Waals surface area (Å²) in [6.07, 6.45) is 5.78. The highest BCUT2D eigenvalue weighted by Gasteiger charge is 2.25. The number of carbonyl (C=O) groups is 2. The number of thiophene rings is 1. The number of rotatable bonds is 6. The molecule has 0 spiro atoms. The van der Waals surface area contributed by atoms with Gasteiger partial charge in [0, 0.05) is 23.7 Å². The molecule has 1 heterocycles. The van der Waals surface area contributed by atoms with Crippen molar-refractivity contribution in [3.8, 4) is 11.5 Å². The van der Waals surface area contributed by atoms with Gasteiger partial charge in [0.05, 0.1) is 12.7 Å². The number of methoxy groups -OCH3 is 1. The summed E-state index contributed by atoms with van der Waals surface area (Å²) >= 11 is 1.58. The second-order valence-electron chi connectivity index (χ2n) is 7.47. The normalized spacial score (nSPS) is 12.9. The van der Waals surface area contributed by atoms with Crippen molar-refractivity contribution in [3.05, 3.63) is 70.1 Å². The van der Waals surface area contributed by atoms with Crippen LogP contribution in [0, 0.1) is 0 Å². The van der Waals surface area contributed by atoms with Crippen molar-refractivity contribution >= 4 is 40.1 Å². The molecule has 0 saturated heterocycles. The molecule has 7 heteroatoms. The molecule has 0 fully saturated rings. The Morgan fingerprint density at radius 3 is 2.59 bits per heavy atom. The Kier molecular flexibility index (Phi) is 6.66. The number of aryl methyl sites for hydroxylation is 1. The minimum absolute atomic E-state index is 0.134. The third kappa shape index (κ3) is 4.89. The predicted octanol–water partition coefficient (Wildman–Crippen LogP) is 5.56. The van der Waals surface area contributed by atoms with Crippen LogP contribution in [0.5, 0.6) is 11.5 Å². The van der Waals surface area contributed by atoms with Crippen LogP contribution >= 0.6 is 11.3 Å². The number of nitrogens with one attached hydrogen (secondary N) is 1. The van der Waals surface area contributed by atoms with E-state index in [4.69, 9.17) is 9.47 Å². The molecule has 164 valence electrons. The zero-order valence-corrected chi connectivity index (χ0v) is 18.8. The lowest BCUT2D eigenvalue weighted by Crippen LogP contribution is -2.14. The molecule has 32 heavy (non-hydrogen) atoms. The van der Waals surface area contributed by atoms with Gasteiger partial charge in [0.15, 0.2) is 11.5 Å².